The summed E-state index contributed by atoms with van der Waals surface area (Å²) in [5, 5.41) is 0.167. The van der Waals surface area contributed by atoms with Crippen molar-refractivity contribution in [2.75, 3.05) is 0 Å². The van der Waals surface area contributed by atoms with Crippen LogP contribution in [-0.4, -0.2) is 0 Å². The lowest BCUT2D eigenvalue weighted by Crippen LogP contribution is -1.99. The number of hydrogen-bond acceptors (Lipinski definition) is 0. The lowest BCUT2D eigenvalue weighted by atomic mass is 10.0. The van der Waals surface area contributed by atoms with Crippen molar-refractivity contribution >= 4 is 27.5 Å². The number of benzene rings is 2. The summed E-state index contributed by atoms with van der Waals surface area (Å²) in [6, 6.07) is 13.3. The molecule has 0 bridgehead atoms. The smallest absolute Gasteiger partial charge is 0.146 e. The van der Waals surface area contributed by atoms with Crippen molar-refractivity contribution in [3.8, 4) is 0 Å². The van der Waals surface area contributed by atoms with Gasteiger partial charge in [0.25, 0.3) is 0 Å². The maximum absolute atomic E-state index is 13.9. The Labute approximate surface area is 120 Å². The Morgan fingerprint density at radius 3 is 2.50 bits per heavy atom. The highest BCUT2D eigenvalue weighted by Gasteiger charge is 2.15. The fourth-order valence-corrected chi connectivity index (χ4v) is 2.71. The van der Waals surface area contributed by atoms with Crippen LogP contribution in [0.4, 0.5) is 4.39 Å². The molecule has 0 heterocycles. The van der Waals surface area contributed by atoms with E-state index in [1.54, 1.807) is 18.2 Å². The average Bonchev–Trinajstić information content (AvgIpc) is 2.35. The largest absolute Gasteiger partial charge is 0.205 e. The first-order valence-electron chi connectivity index (χ1n) is 5.71. The van der Waals surface area contributed by atoms with Gasteiger partial charge in [0.2, 0.25) is 0 Å². The Balaban J connectivity index is 2.19. The quantitative estimate of drug-likeness (QED) is 0.656. The van der Waals surface area contributed by atoms with Crippen LogP contribution < -0.4 is 0 Å². The van der Waals surface area contributed by atoms with Crippen LogP contribution in [0.2, 0.25) is 5.02 Å². The van der Waals surface area contributed by atoms with Gasteiger partial charge in [0, 0.05) is 10.4 Å². The summed E-state index contributed by atoms with van der Waals surface area (Å²) in [6.07, 6.45) is 0.734. The molecule has 0 nitrogen and oxygen atoms in total. The van der Waals surface area contributed by atoms with Gasteiger partial charge in [-0.15, -0.1) is 0 Å². The Morgan fingerprint density at radius 2 is 1.83 bits per heavy atom. The van der Waals surface area contributed by atoms with Gasteiger partial charge in [-0.3, -0.25) is 0 Å². The minimum absolute atomic E-state index is 0.0705. The van der Waals surface area contributed by atoms with Crippen LogP contribution >= 0.6 is 27.5 Å². The maximum Gasteiger partial charge on any atom is 0.146 e. The minimum atomic E-state index is -0.340. The molecule has 0 aliphatic rings. The van der Waals surface area contributed by atoms with E-state index in [0.29, 0.717) is 5.56 Å². The van der Waals surface area contributed by atoms with Crippen LogP contribution in [0, 0.1) is 12.7 Å². The van der Waals surface area contributed by atoms with Gasteiger partial charge >= 0.3 is 0 Å². The summed E-state index contributed by atoms with van der Waals surface area (Å²) < 4.78 is 13.9. The normalized spacial score (nSPS) is 12.4. The van der Waals surface area contributed by atoms with Crippen molar-refractivity contribution in [3.63, 3.8) is 0 Å². The molecule has 0 N–H and O–H groups in total. The summed E-state index contributed by atoms with van der Waals surface area (Å²) in [4.78, 5) is -0.0705. The van der Waals surface area contributed by atoms with Gasteiger partial charge in [0.15, 0.2) is 0 Å². The third-order valence-electron chi connectivity index (χ3n) is 2.85. The van der Waals surface area contributed by atoms with Gasteiger partial charge in [0.1, 0.15) is 5.82 Å². The first-order chi connectivity index (χ1) is 8.58. The van der Waals surface area contributed by atoms with Crippen LogP contribution in [0.25, 0.3) is 0 Å². The van der Waals surface area contributed by atoms with E-state index in [1.807, 2.05) is 6.92 Å². The van der Waals surface area contributed by atoms with Crippen molar-refractivity contribution in [2.45, 2.75) is 18.2 Å². The molecule has 2 aromatic rings. The molecule has 0 aromatic heterocycles. The molecule has 1 atom stereocenters. The summed E-state index contributed by atoms with van der Waals surface area (Å²) in [7, 11) is 0. The average molecular weight is 328 g/mol. The fraction of sp³-hybridized carbons (Fsp3) is 0.200. The molecule has 0 spiro atoms. The molecule has 2 rings (SSSR count). The van der Waals surface area contributed by atoms with Gasteiger partial charge in [-0.05, 0) is 25.0 Å². The molecular formula is C15H13BrClF. The molecule has 0 aliphatic carbocycles. The predicted molar refractivity (Wildman–Crippen MR) is 78.0 cm³/mol. The number of hydrogen-bond donors (Lipinski definition) is 0. The third kappa shape index (κ3) is 3.12. The standard InChI is InChI=1S/C15H13BrClF/c1-10-5-7-11(8-6-10)9-13(16)12-3-2-4-14(17)15(12)18/h2-8,13H,9H2,1H3. The molecule has 2 aromatic carbocycles. The Bertz CT molecular complexity index is 537. The first kappa shape index (κ1) is 13.6. The zero-order valence-electron chi connectivity index (χ0n) is 9.96. The molecule has 0 fully saturated rings. The van der Waals surface area contributed by atoms with E-state index < -0.39 is 0 Å². The van der Waals surface area contributed by atoms with Gasteiger partial charge in [-0.25, -0.2) is 4.39 Å². The summed E-state index contributed by atoms with van der Waals surface area (Å²) >= 11 is 9.31. The van der Waals surface area contributed by atoms with Crippen LogP contribution in [-0.2, 0) is 6.42 Å². The molecule has 0 saturated carbocycles. The molecule has 1 unspecified atom stereocenters. The zero-order chi connectivity index (χ0) is 13.1. The van der Waals surface area contributed by atoms with E-state index in [2.05, 4.69) is 40.2 Å². The van der Waals surface area contributed by atoms with Gasteiger partial charge < -0.3 is 0 Å². The Hall–Kier alpha value is -0.860. The highest BCUT2D eigenvalue weighted by atomic mass is 79.9. The molecular weight excluding hydrogens is 315 g/mol. The number of aryl methyl sites for hydroxylation is 1. The Morgan fingerprint density at radius 1 is 1.17 bits per heavy atom. The number of halogens is 3. The van der Waals surface area contributed by atoms with Crippen molar-refractivity contribution in [1.82, 2.24) is 0 Å². The maximum atomic E-state index is 13.9. The van der Waals surface area contributed by atoms with Gasteiger partial charge in [-0.2, -0.15) is 0 Å². The van der Waals surface area contributed by atoms with Crippen molar-refractivity contribution in [3.05, 3.63) is 70.0 Å². The SMILES string of the molecule is Cc1ccc(CC(Br)c2cccc(Cl)c2F)cc1. The lowest BCUT2D eigenvalue weighted by Gasteiger charge is -2.12. The van der Waals surface area contributed by atoms with Crippen LogP contribution in [0.15, 0.2) is 42.5 Å². The molecule has 3 heteroatoms. The van der Waals surface area contributed by atoms with E-state index in [4.69, 9.17) is 11.6 Å². The second kappa shape index (κ2) is 5.85. The predicted octanol–water partition coefficient (Wildman–Crippen LogP) is 5.47. The van der Waals surface area contributed by atoms with E-state index in [9.17, 15) is 4.39 Å². The minimum Gasteiger partial charge on any atom is -0.205 e. The fourth-order valence-electron chi connectivity index (χ4n) is 1.80. The second-order valence-corrected chi connectivity index (χ2v) is 5.81. The molecule has 0 aliphatic heterocycles. The van der Waals surface area contributed by atoms with Crippen molar-refractivity contribution in [2.24, 2.45) is 0 Å². The first-order valence-corrected chi connectivity index (χ1v) is 7.01. The highest BCUT2D eigenvalue weighted by Crippen LogP contribution is 2.31. The third-order valence-corrected chi connectivity index (χ3v) is 3.96. The van der Waals surface area contributed by atoms with Crippen LogP contribution in [0.1, 0.15) is 21.5 Å². The van der Waals surface area contributed by atoms with E-state index in [-0.39, 0.29) is 15.7 Å². The molecule has 94 valence electrons. The summed E-state index contributed by atoms with van der Waals surface area (Å²) in [5.41, 5.74) is 2.99. The van der Waals surface area contributed by atoms with Crippen molar-refractivity contribution in [1.29, 1.82) is 0 Å². The molecule has 18 heavy (non-hydrogen) atoms. The van der Waals surface area contributed by atoms with Crippen LogP contribution in [0.5, 0.6) is 0 Å². The van der Waals surface area contributed by atoms with E-state index in [0.717, 1.165) is 6.42 Å². The number of alkyl halides is 1. The highest BCUT2D eigenvalue weighted by molar-refractivity contribution is 9.09. The van der Waals surface area contributed by atoms with E-state index >= 15 is 0 Å². The topological polar surface area (TPSA) is 0 Å². The Kier molecular flexibility index (Phi) is 4.41. The second-order valence-electron chi connectivity index (χ2n) is 4.30. The van der Waals surface area contributed by atoms with Crippen molar-refractivity contribution < 1.29 is 4.39 Å². The zero-order valence-corrected chi connectivity index (χ0v) is 12.3. The molecule has 0 saturated heterocycles. The number of rotatable bonds is 3. The monoisotopic (exact) mass is 326 g/mol. The van der Waals surface area contributed by atoms with Gasteiger partial charge in [0.05, 0.1) is 5.02 Å². The molecule has 0 amide bonds. The van der Waals surface area contributed by atoms with E-state index in [1.165, 1.54) is 11.1 Å². The summed E-state index contributed by atoms with van der Waals surface area (Å²) in [5.74, 6) is -0.340. The lowest BCUT2D eigenvalue weighted by molar-refractivity contribution is 0.608. The van der Waals surface area contributed by atoms with Gasteiger partial charge in [-0.1, -0.05) is 69.5 Å². The summed E-state index contributed by atoms with van der Waals surface area (Å²) in [6.45, 7) is 2.05. The van der Waals surface area contributed by atoms with Crippen LogP contribution in [0.3, 0.4) is 0 Å². The molecule has 0 radical (unpaired) electrons.